The minimum atomic E-state index is 0.946. The molecule has 1 unspecified atom stereocenters. The van der Waals surface area contributed by atoms with Crippen LogP contribution in [-0.4, -0.2) is 25.0 Å². The Bertz CT molecular complexity index is 328. The van der Waals surface area contributed by atoms with Gasteiger partial charge in [-0.05, 0) is 70.6 Å². The van der Waals surface area contributed by atoms with Gasteiger partial charge in [0.05, 0.1) is 0 Å². The summed E-state index contributed by atoms with van der Waals surface area (Å²) in [6.07, 6.45) is 6.83. The highest BCUT2D eigenvalue weighted by Gasteiger charge is 2.14. The maximum Gasteiger partial charge on any atom is -0.00191 e. The molecule has 1 atom stereocenters. The minimum absolute atomic E-state index is 0.946. The molecule has 0 radical (unpaired) electrons. The molecule has 0 saturated carbocycles. The third kappa shape index (κ3) is 4.16. The fraction of sp³-hybridized carbons (Fsp3) is 0.625. The van der Waals surface area contributed by atoms with E-state index in [9.17, 15) is 0 Å². The van der Waals surface area contributed by atoms with E-state index in [0.717, 1.165) is 5.92 Å². The lowest BCUT2D eigenvalue weighted by molar-refractivity contribution is 0.339. The molecule has 1 aromatic carbocycles. The highest BCUT2D eigenvalue weighted by atomic mass is 15.1. The largest absolute Gasteiger partial charge is 0.306 e. The van der Waals surface area contributed by atoms with Gasteiger partial charge >= 0.3 is 0 Å². The third-order valence-electron chi connectivity index (χ3n) is 4.03. The molecular weight excluding hydrogens is 206 g/mol. The predicted octanol–water partition coefficient (Wildman–Crippen LogP) is 3.66. The van der Waals surface area contributed by atoms with Crippen LogP contribution >= 0.6 is 0 Å². The first-order valence-electron chi connectivity index (χ1n) is 6.98. The molecule has 1 saturated heterocycles. The molecule has 94 valence electrons. The zero-order valence-electron chi connectivity index (χ0n) is 11.3. The summed E-state index contributed by atoms with van der Waals surface area (Å²) in [6.45, 7) is 4.74. The van der Waals surface area contributed by atoms with Gasteiger partial charge in [0.2, 0.25) is 0 Å². The summed E-state index contributed by atoms with van der Waals surface area (Å²) in [5.41, 5.74) is 2.87. The van der Waals surface area contributed by atoms with E-state index in [2.05, 4.69) is 43.1 Å². The topological polar surface area (TPSA) is 3.24 Å². The normalized spacial score (nSPS) is 22.4. The first-order chi connectivity index (χ1) is 8.24. The zero-order chi connectivity index (χ0) is 12.1. The number of aryl methyl sites for hydroxylation is 2. The van der Waals surface area contributed by atoms with Gasteiger partial charge in [0.1, 0.15) is 0 Å². The summed E-state index contributed by atoms with van der Waals surface area (Å²) in [5, 5.41) is 0. The van der Waals surface area contributed by atoms with Crippen LogP contribution in [0, 0.1) is 12.8 Å². The van der Waals surface area contributed by atoms with Crippen molar-refractivity contribution in [3.63, 3.8) is 0 Å². The molecule has 1 aliphatic heterocycles. The van der Waals surface area contributed by atoms with Crippen LogP contribution in [0.3, 0.4) is 0 Å². The van der Waals surface area contributed by atoms with Crippen molar-refractivity contribution >= 4 is 0 Å². The second kappa shape index (κ2) is 6.20. The molecule has 0 bridgehead atoms. The molecule has 1 nitrogen and oxygen atoms in total. The van der Waals surface area contributed by atoms with E-state index in [-0.39, 0.29) is 0 Å². The van der Waals surface area contributed by atoms with Crippen LogP contribution in [0.4, 0.5) is 0 Å². The molecule has 0 aliphatic carbocycles. The zero-order valence-corrected chi connectivity index (χ0v) is 11.3. The maximum atomic E-state index is 2.48. The first kappa shape index (κ1) is 12.6. The Hall–Kier alpha value is -0.820. The Morgan fingerprint density at radius 3 is 2.65 bits per heavy atom. The number of hydrogen-bond acceptors (Lipinski definition) is 1. The second-order valence-electron chi connectivity index (χ2n) is 5.62. The Labute approximate surface area is 106 Å². The Balaban J connectivity index is 1.79. The molecule has 1 fully saturated rings. The van der Waals surface area contributed by atoms with E-state index < -0.39 is 0 Å². The van der Waals surface area contributed by atoms with E-state index in [1.165, 1.54) is 56.3 Å². The number of benzene rings is 1. The van der Waals surface area contributed by atoms with Crippen LogP contribution in [0.5, 0.6) is 0 Å². The monoisotopic (exact) mass is 231 g/mol. The van der Waals surface area contributed by atoms with Crippen molar-refractivity contribution in [2.45, 2.75) is 39.0 Å². The summed E-state index contributed by atoms with van der Waals surface area (Å²) in [5.74, 6) is 0.946. The summed E-state index contributed by atoms with van der Waals surface area (Å²) in [7, 11) is 2.25. The Kier molecular flexibility index (Phi) is 4.61. The van der Waals surface area contributed by atoms with E-state index in [4.69, 9.17) is 0 Å². The van der Waals surface area contributed by atoms with E-state index >= 15 is 0 Å². The van der Waals surface area contributed by atoms with Crippen LogP contribution in [0.1, 0.15) is 36.8 Å². The number of rotatable bonds is 3. The average molecular weight is 231 g/mol. The summed E-state index contributed by atoms with van der Waals surface area (Å²) in [4.78, 5) is 2.48. The number of hydrogen-bond donors (Lipinski definition) is 0. The van der Waals surface area contributed by atoms with Crippen LogP contribution in [0.25, 0.3) is 0 Å². The molecule has 17 heavy (non-hydrogen) atoms. The van der Waals surface area contributed by atoms with Gasteiger partial charge < -0.3 is 4.90 Å². The minimum Gasteiger partial charge on any atom is -0.306 e. The molecule has 0 spiro atoms. The molecule has 0 aromatic heterocycles. The van der Waals surface area contributed by atoms with Crippen molar-refractivity contribution in [2.75, 3.05) is 20.1 Å². The van der Waals surface area contributed by atoms with Crippen molar-refractivity contribution in [1.29, 1.82) is 0 Å². The maximum absolute atomic E-state index is 2.48. The molecule has 1 aromatic rings. The van der Waals surface area contributed by atoms with Crippen LogP contribution < -0.4 is 0 Å². The van der Waals surface area contributed by atoms with E-state index in [0.29, 0.717) is 0 Å². The standard InChI is InChI=1S/C16H25N/c1-14-5-7-16(8-6-14)10-9-15-4-3-12-17(2)13-11-15/h5-8,15H,3-4,9-13H2,1-2H3. The molecule has 0 N–H and O–H groups in total. The van der Waals surface area contributed by atoms with Gasteiger partial charge in [-0.25, -0.2) is 0 Å². The van der Waals surface area contributed by atoms with Crippen LogP contribution in [0.2, 0.25) is 0 Å². The molecule has 1 heteroatoms. The first-order valence-corrected chi connectivity index (χ1v) is 6.98. The second-order valence-corrected chi connectivity index (χ2v) is 5.62. The van der Waals surface area contributed by atoms with Gasteiger partial charge in [0.25, 0.3) is 0 Å². The quantitative estimate of drug-likeness (QED) is 0.767. The van der Waals surface area contributed by atoms with E-state index in [1.54, 1.807) is 0 Å². The fourth-order valence-electron chi connectivity index (χ4n) is 2.72. The van der Waals surface area contributed by atoms with Crippen molar-refractivity contribution in [3.05, 3.63) is 35.4 Å². The molecular formula is C16H25N. The number of nitrogens with zero attached hydrogens (tertiary/aromatic N) is 1. The summed E-state index contributed by atoms with van der Waals surface area (Å²) < 4.78 is 0. The number of likely N-dealkylation sites (tertiary alicyclic amines) is 1. The SMILES string of the molecule is Cc1ccc(CCC2CCCN(C)CC2)cc1. The average Bonchev–Trinajstić information content (AvgIpc) is 2.54. The Morgan fingerprint density at radius 2 is 1.88 bits per heavy atom. The van der Waals surface area contributed by atoms with Gasteiger partial charge in [0, 0.05) is 0 Å². The third-order valence-corrected chi connectivity index (χ3v) is 4.03. The van der Waals surface area contributed by atoms with Crippen LogP contribution in [-0.2, 0) is 6.42 Å². The lowest BCUT2D eigenvalue weighted by Gasteiger charge is -2.14. The summed E-state index contributed by atoms with van der Waals surface area (Å²) in [6, 6.07) is 9.04. The van der Waals surface area contributed by atoms with Crippen molar-refractivity contribution < 1.29 is 0 Å². The lowest BCUT2D eigenvalue weighted by Crippen LogP contribution is -2.18. The molecule has 1 aliphatic rings. The lowest BCUT2D eigenvalue weighted by atomic mass is 9.93. The Morgan fingerprint density at radius 1 is 1.12 bits per heavy atom. The molecule has 2 rings (SSSR count). The van der Waals surface area contributed by atoms with Crippen molar-refractivity contribution in [3.8, 4) is 0 Å². The van der Waals surface area contributed by atoms with Gasteiger partial charge in [-0.1, -0.05) is 29.8 Å². The molecule has 0 amide bonds. The van der Waals surface area contributed by atoms with Crippen molar-refractivity contribution in [1.82, 2.24) is 4.90 Å². The van der Waals surface area contributed by atoms with Gasteiger partial charge in [0.15, 0.2) is 0 Å². The highest BCUT2D eigenvalue weighted by Crippen LogP contribution is 2.22. The predicted molar refractivity (Wildman–Crippen MR) is 74.3 cm³/mol. The van der Waals surface area contributed by atoms with E-state index in [1.807, 2.05) is 0 Å². The van der Waals surface area contributed by atoms with Gasteiger partial charge in [-0.3, -0.25) is 0 Å². The van der Waals surface area contributed by atoms with Crippen LogP contribution in [0.15, 0.2) is 24.3 Å². The van der Waals surface area contributed by atoms with Gasteiger partial charge in [-0.15, -0.1) is 0 Å². The highest BCUT2D eigenvalue weighted by molar-refractivity contribution is 5.21. The summed E-state index contributed by atoms with van der Waals surface area (Å²) >= 11 is 0. The fourth-order valence-corrected chi connectivity index (χ4v) is 2.72. The molecule has 1 heterocycles. The van der Waals surface area contributed by atoms with Crippen molar-refractivity contribution in [2.24, 2.45) is 5.92 Å². The van der Waals surface area contributed by atoms with Gasteiger partial charge in [-0.2, -0.15) is 0 Å². The smallest absolute Gasteiger partial charge is 0.00191 e.